The van der Waals surface area contributed by atoms with Gasteiger partial charge >= 0.3 is 0 Å². The Balaban J connectivity index is 1.66. The standard InChI is InChI=1S/C23H23N3O2/c1-16-9-8-14-20(17(16)2)24-15-22(27)26-21-13-7-6-12-19(21)23(28)25-18-10-4-3-5-11-18/h3-14,24H,15H2,1-2H3,(H,25,28)(H,26,27). The van der Waals surface area contributed by atoms with E-state index in [1.165, 1.54) is 0 Å². The van der Waals surface area contributed by atoms with Crippen LogP contribution < -0.4 is 16.0 Å². The molecule has 0 aromatic heterocycles. The summed E-state index contributed by atoms with van der Waals surface area (Å²) in [4.78, 5) is 25.0. The summed E-state index contributed by atoms with van der Waals surface area (Å²) >= 11 is 0. The van der Waals surface area contributed by atoms with Crippen molar-refractivity contribution in [3.05, 3.63) is 89.5 Å². The van der Waals surface area contributed by atoms with Crippen LogP contribution in [0.5, 0.6) is 0 Å². The molecule has 0 unspecified atom stereocenters. The predicted molar refractivity (Wildman–Crippen MR) is 114 cm³/mol. The molecule has 0 saturated carbocycles. The molecule has 0 aliphatic carbocycles. The number of hydrogen-bond acceptors (Lipinski definition) is 3. The molecule has 0 atom stereocenters. The number of carbonyl (C=O) groups excluding carboxylic acids is 2. The highest BCUT2D eigenvalue weighted by Gasteiger charge is 2.13. The summed E-state index contributed by atoms with van der Waals surface area (Å²) in [6.45, 7) is 4.15. The second kappa shape index (κ2) is 8.86. The third kappa shape index (κ3) is 4.76. The van der Waals surface area contributed by atoms with E-state index < -0.39 is 0 Å². The van der Waals surface area contributed by atoms with Crippen LogP contribution in [0, 0.1) is 13.8 Å². The van der Waals surface area contributed by atoms with Crippen LogP contribution in [0.25, 0.3) is 0 Å². The zero-order valence-corrected chi connectivity index (χ0v) is 16.0. The third-order valence-electron chi connectivity index (χ3n) is 4.52. The summed E-state index contributed by atoms with van der Waals surface area (Å²) in [7, 11) is 0. The third-order valence-corrected chi connectivity index (χ3v) is 4.52. The highest BCUT2D eigenvalue weighted by molar-refractivity contribution is 6.10. The minimum atomic E-state index is -0.274. The largest absolute Gasteiger partial charge is 0.376 e. The van der Waals surface area contributed by atoms with Crippen molar-refractivity contribution in [3.8, 4) is 0 Å². The topological polar surface area (TPSA) is 70.2 Å². The average Bonchev–Trinajstić information content (AvgIpc) is 2.70. The zero-order valence-electron chi connectivity index (χ0n) is 16.0. The Labute approximate surface area is 164 Å². The fraction of sp³-hybridized carbons (Fsp3) is 0.130. The molecule has 0 fully saturated rings. The van der Waals surface area contributed by atoms with E-state index in [4.69, 9.17) is 0 Å². The molecule has 0 aliphatic rings. The maximum atomic E-state index is 12.6. The number of nitrogens with one attached hydrogen (secondary N) is 3. The molecule has 3 rings (SSSR count). The maximum Gasteiger partial charge on any atom is 0.257 e. The van der Waals surface area contributed by atoms with Gasteiger partial charge in [-0.15, -0.1) is 0 Å². The van der Waals surface area contributed by atoms with E-state index in [0.717, 1.165) is 16.8 Å². The van der Waals surface area contributed by atoms with Gasteiger partial charge in [0.1, 0.15) is 0 Å². The van der Waals surface area contributed by atoms with Crippen LogP contribution >= 0.6 is 0 Å². The van der Waals surface area contributed by atoms with E-state index in [0.29, 0.717) is 16.9 Å². The lowest BCUT2D eigenvalue weighted by Gasteiger charge is -2.13. The van der Waals surface area contributed by atoms with E-state index in [1.54, 1.807) is 24.3 Å². The van der Waals surface area contributed by atoms with Crippen molar-refractivity contribution < 1.29 is 9.59 Å². The van der Waals surface area contributed by atoms with Crippen molar-refractivity contribution in [1.82, 2.24) is 0 Å². The smallest absolute Gasteiger partial charge is 0.257 e. The fourth-order valence-corrected chi connectivity index (χ4v) is 2.82. The monoisotopic (exact) mass is 373 g/mol. The first-order valence-corrected chi connectivity index (χ1v) is 9.10. The first-order valence-electron chi connectivity index (χ1n) is 9.10. The summed E-state index contributed by atoms with van der Waals surface area (Å²) in [5.74, 6) is -0.495. The molecule has 28 heavy (non-hydrogen) atoms. The van der Waals surface area contributed by atoms with Crippen LogP contribution in [-0.4, -0.2) is 18.4 Å². The van der Waals surface area contributed by atoms with Gasteiger partial charge in [-0.1, -0.05) is 42.5 Å². The number of carbonyl (C=O) groups is 2. The summed E-state index contributed by atoms with van der Waals surface area (Å²) < 4.78 is 0. The molecule has 3 aromatic carbocycles. The van der Waals surface area contributed by atoms with Crippen LogP contribution in [0.3, 0.4) is 0 Å². The number of rotatable bonds is 6. The Morgan fingerprint density at radius 3 is 2.21 bits per heavy atom. The van der Waals surface area contributed by atoms with E-state index in [-0.39, 0.29) is 18.4 Å². The molecule has 5 nitrogen and oxygen atoms in total. The minimum absolute atomic E-state index is 0.110. The van der Waals surface area contributed by atoms with Crippen LogP contribution in [0.15, 0.2) is 72.8 Å². The van der Waals surface area contributed by atoms with Crippen molar-refractivity contribution in [3.63, 3.8) is 0 Å². The second-order valence-electron chi connectivity index (χ2n) is 6.51. The van der Waals surface area contributed by atoms with Gasteiger partial charge in [-0.2, -0.15) is 0 Å². The van der Waals surface area contributed by atoms with Crippen molar-refractivity contribution in [2.75, 3.05) is 22.5 Å². The first kappa shape index (κ1) is 19.2. The molecule has 2 amide bonds. The molecule has 3 N–H and O–H groups in total. The number of hydrogen-bond donors (Lipinski definition) is 3. The Bertz CT molecular complexity index is 984. The molecule has 5 heteroatoms. The van der Waals surface area contributed by atoms with Crippen LogP contribution in [0.4, 0.5) is 17.1 Å². The summed E-state index contributed by atoms with van der Waals surface area (Å²) in [5, 5.41) is 8.81. The molecule has 0 heterocycles. The molecule has 0 saturated heterocycles. The SMILES string of the molecule is Cc1cccc(NCC(=O)Nc2ccccc2C(=O)Nc2ccccc2)c1C. The molecular formula is C23H23N3O2. The van der Waals surface area contributed by atoms with Gasteiger partial charge < -0.3 is 16.0 Å². The number of para-hydroxylation sites is 2. The Hall–Kier alpha value is -3.60. The van der Waals surface area contributed by atoms with E-state index in [9.17, 15) is 9.59 Å². The van der Waals surface area contributed by atoms with Crippen molar-refractivity contribution in [2.45, 2.75) is 13.8 Å². The van der Waals surface area contributed by atoms with Crippen molar-refractivity contribution in [2.24, 2.45) is 0 Å². The van der Waals surface area contributed by atoms with Gasteiger partial charge in [0, 0.05) is 11.4 Å². The Kier molecular flexibility index (Phi) is 6.07. The lowest BCUT2D eigenvalue weighted by atomic mass is 10.1. The van der Waals surface area contributed by atoms with E-state index in [2.05, 4.69) is 16.0 Å². The van der Waals surface area contributed by atoms with Crippen LogP contribution in [0.1, 0.15) is 21.5 Å². The lowest BCUT2D eigenvalue weighted by Crippen LogP contribution is -2.24. The van der Waals surface area contributed by atoms with Gasteiger partial charge in [0.05, 0.1) is 17.8 Å². The minimum Gasteiger partial charge on any atom is -0.376 e. The fourth-order valence-electron chi connectivity index (χ4n) is 2.82. The molecule has 0 bridgehead atoms. The van der Waals surface area contributed by atoms with Crippen molar-refractivity contribution in [1.29, 1.82) is 0 Å². The Morgan fingerprint density at radius 2 is 1.43 bits per heavy atom. The van der Waals surface area contributed by atoms with Crippen LogP contribution in [-0.2, 0) is 4.79 Å². The predicted octanol–water partition coefficient (Wildman–Crippen LogP) is 4.61. The molecule has 142 valence electrons. The number of benzene rings is 3. The molecule has 0 aliphatic heterocycles. The van der Waals surface area contributed by atoms with Gasteiger partial charge in [0.2, 0.25) is 5.91 Å². The lowest BCUT2D eigenvalue weighted by molar-refractivity contribution is -0.114. The molecule has 3 aromatic rings. The summed E-state index contributed by atoms with van der Waals surface area (Å²) in [6.07, 6.45) is 0. The van der Waals surface area contributed by atoms with Gasteiger partial charge in [-0.05, 0) is 55.3 Å². The summed E-state index contributed by atoms with van der Waals surface area (Å²) in [6, 6.07) is 22.1. The molecular weight excluding hydrogens is 350 g/mol. The average molecular weight is 373 g/mol. The van der Waals surface area contributed by atoms with E-state index >= 15 is 0 Å². The van der Waals surface area contributed by atoms with Gasteiger partial charge in [-0.25, -0.2) is 0 Å². The zero-order chi connectivity index (χ0) is 19.9. The highest BCUT2D eigenvalue weighted by Crippen LogP contribution is 2.19. The van der Waals surface area contributed by atoms with E-state index in [1.807, 2.05) is 62.4 Å². The second-order valence-corrected chi connectivity index (χ2v) is 6.51. The summed E-state index contributed by atoms with van der Waals surface area (Å²) in [5.41, 5.74) is 4.77. The van der Waals surface area contributed by atoms with Gasteiger partial charge in [0.15, 0.2) is 0 Å². The van der Waals surface area contributed by atoms with Crippen molar-refractivity contribution >= 4 is 28.9 Å². The molecule has 0 spiro atoms. The maximum absolute atomic E-state index is 12.6. The quantitative estimate of drug-likeness (QED) is 0.591. The van der Waals surface area contributed by atoms with Crippen LogP contribution in [0.2, 0.25) is 0 Å². The number of aryl methyl sites for hydroxylation is 1. The van der Waals surface area contributed by atoms with Gasteiger partial charge in [-0.3, -0.25) is 9.59 Å². The number of amides is 2. The highest BCUT2D eigenvalue weighted by atomic mass is 16.2. The van der Waals surface area contributed by atoms with Gasteiger partial charge in [0.25, 0.3) is 5.91 Å². The normalized spacial score (nSPS) is 10.2. The first-order chi connectivity index (χ1) is 13.5. The Morgan fingerprint density at radius 1 is 0.750 bits per heavy atom. The molecule has 0 radical (unpaired) electrons. The number of anilines is 3.